The van der Waals surface area contributed by atoms with Crippen LogP contribution < -0.4 is 9.41 Å². The molecule has 1 aromatic carbocycles. The molecule has 0 unspecified atom stereocenters. The van der Waals surface area contributed by atoms with Gasteiger partial charge in [-0.3, -0.25) is 8.75 Å². The van der Waals surface area contributed by atoms with Crippen LogP contribution in [-0.4, -0.2) is 27.7 Å². The molecule has 1 amide bonds. The third-order valence-corrected chi connectivity index (χ3v) is 5.61. The van der Waals surface area contributed by atoms with Gasteiger partial charge in [0.25, 0.3) is 5.91 Å². The number of aliphatic hydroxyl groups is 1. The molecule has 2 rings (SSSR count). The van der Waals surface area contributed by atoms with E-state index in [4.69, 9.17) is 16.3 Å². The van der Waals surface area contributed by atoms with Gasteiger partial charge in [-0.2, -0.15) is 4.99 Å². The Bertz CT molecular complexity index is 886. The van der Waals surface area contributed by atoms with Crippen molar-refractivity contribution in [3.8, 4) is 5.75 Å². The molecular weight excluding hydrogens is 384 g/mol. The van der Waals surface area contributed by atoms with Crippen molar-refractivity contribution in [2.75, 3.05) is 7.11 Å². The molecule has 0 radical (unpaired) electrons. The van der Waals surface area contributed by atoms with Crippen molar-refractivity contribution in [2.45, 2.75) is 58.6 Å². The topological polar surface area (TPSA) is 63.8 Å². The Labute approximate surface area is 169 Å². The summed E-state index contributed by atoms with van der Waals surface area (Å²) in [5.41, 5.74) is 0.352. The summed E-state index contributed by atoms with van der Waals surface area (Å²) in [6.45, 7) is 9.82. The summed E-state index contributed by atoms with van der Waals surface area (Å²) in [5, 5.41) is 10.5. The van der Waals surface area contributed by atoms with E-state index < -0.39 is 11.5 Å². The molecule has 27 heavy (non-hydrogen) atoms. The molecule has 2 aromatic rings. The number of rotatable bonds is 5. The number of hydrogen-bond donors (Lipinski definition) is 1. The molecule has 0 fully saturated rings. The van der Waals surface area contributed by atoms with E-state index in [0.717, 1.165) is 5.56 Å². The Hall–Kier alpha value is -1.63. The number of carbonyl (C=O) groups is 1. The fraction of sp³-hybridized carbons (Fsp3) is 0.500. The third-order valence-electron chi connectivity index (χ3n) is 3.99. The highest BCUT2D eigenvalue weighted by Gasteiger charge is 2.19. The Kier molecular flexibility index (Phi) is 6.55. The summed E-state index contributed by atoms with van der Waals surface area (Å²) in [4.78, 5) is 17.2. The minimum Gasteiger partial charge on any atom is -0.496 e. The van der Waals surface area contributed by atoms with Gasteiger partial charge >= 0.3 is 0 Å². The standard InChI is InChI=1S/C20H27ClN2O3S/c1-19(2,3)23-12-13(9-10-20(4,5)25)18(27-23)22-17(24)15-11-14(21)7-8-16(15)26-6/h7-8,11-12,25H,9-10H2,1-6H3. The van der Waals surface area contributed by atoms with Gasteiger partial charge < -0.3 is 9.84 Å². The number of ether oxygens (including phenoxy) is 1. The van der Waals surface area contributed by atoms with E-state index in [1.54, 1.807) is 32.0 Å². The number of aromatic nitrogens is 1. The van der Waals surface area contributed by atoms with Gasteiger partial charge in [0.1, 0.15) is 10.4 Å². The van der Waals surface area contributed by atoms with E-state index in [2.05, 4.69) is 29.7 Å². The van der Waals surface area contributed by atoms with Crippen LogP contribution in [0.15, 0.2) is 29.4 Å². The second kappa shape index (κ2) is 8.17. The number of carbonyl (C=O) groups excluding carboxylic acids is 1. The first-order valence-electron chi connectivity index (χ1n) is 8.78. The van der Waals surface area contributed by atoms with Crippen LogP contribution in [-0.2, 0) is 12.0 Å². The minimum atomic E-state index is -0.786. The lowest BCUT2D eigenvalue weighted by Gasteiger charge is -2.19. The van der Waals surface area contributed by atoms with Gasteiger partial charge in [0, 0.05) is 22.3 Å². The summed E-state index contributed by atoms with van der Waals surface area (Å²) in [6.07, 6.45) is 3.21. The van der Waals surface area contributed by atoms with Crippen molar-refractivity contribution in [1.29, 1.82) is 0 Å². The quantitative estimate of drug-likeness (QED) is 0.793. The fourth-order valence-electron chi connectivity index (χ4n) is 2.41. The maximum atomic E-state index is 12.8. The van der Waals surface area contributed by atoms with E-state index in [1.165, 1.54) is 18.6 Å². The van der Waals surface area contributed by atoms with Crippen LogP contribution in [0.3, 0.4) is 0 Å². The maximum Gasteiger partial charge on any atom is 0.282 e. The summed E-state index contributed by atoms with van der Waals surface area (Å²) < 4.78 is 7.98. The Balaban J connectivity index is 2.50. The van der Waals surface area contributed by atoms with E-state index in [0.29, 0.717) is 33.8 Å². The molecule has 0 aliphatic carbocycles. The zero-order chi connectivity index (χ0) is 20.4. The first-order valence-corrected chi connectivity index (χ1v) is 9.93. The Morgan fingerprint density at radius 1 is 1.30 bits per heavy atom. The molecule has 0 aliphatic rings. The van der Waals surface area contributed by atoms with Crippen molar-refractivity contribution in [3.05, 3.63) is 45.2 Å². The monoisotopic (exact) mass is 410 g/mol. The average Bonchev–Trinajstić information content (AvgIpc) is 2.95. The molecule has 1 N–H and O–H groups in total. The second-order valence-corrected chi connectivity index (χ2v) is 9.52. The second-order valence-electron chi connectivity index (χ2n) is 8.12. The minimum absolute atomic E-state index is 0.126. The number of nitrogens with zero attached hydrogens (tertiary/aromatic N) is 2. The molecule has 0 spiro atoms. The molecule has 0 bridgehead atoms. The summed E-state index contributed by atoms with van der Waals surface area (Å²) >= 11 is 7.47. The number of hydrogen-bond acceptors (Lipinski definition) is 4. The lowest BCUT2D eigenvalue weighted by atomic mass is 10.0. The lowest BCUT2D eigenvalue weighted by molar-refractivity contribution is 0.0713. The number of methoxy groups -OCH3 is 1. The zero-order valence-electron chi connectivity index (χ0n) is 16.7. The fourth-order valence-corrected chi connectivity index (χ4v) is 3.62. The van der Waals surface area contributed by atoms with Crippen LogP contribution in [0.25, 0.3) is 0 Å². The van der Waals surface area contributed by atoms with Gasteiger partial charge in [-0.1, -0.05) is 11.6 Å². The molecular formula is C20H27ClN2O3S. The number of halogens is 1. The van der Waals surface area contributed by atoms with E-state index in [1.807, 2.05) is 6.20 Å². The van der Waals surface area contributed by atoms with Gasteiger partial charge in [-0.25, -0.2) is 0 Å². The molecule has 0 aliphatic heterocycles. The van der Waals surface area contributed by atoms with E-state index >= 15 is 0 Å². The van der Waals surface area contributed by atoms with Crippen molar-refractivity contribution in [3.63, 3.8) is 0 Å². The van der Waals surface area contributed by atoms with Gasteiger partial charge in [-0.15, -0.1) is 0 Å². The van der Waals surface area contributed by atoms with Crippen molar-refractivity contribution >= 4 is 29.0 Å². The zero-order valence-corrected chi connectivity index (χ0v) is 18.2. The van der Waals surface area contributed by atoms with Crippen LogP contribution in [0.2, 0.25) is 5.02 Å². The molecule has 5 nitrogen and oxygen atoms in total. The summed E-state index contributed by atoms with van der Waals surface area (Å²) in [5.74, 6) is 0.0354. The Morgan fingerprint density at radius 2 is 1.96 bits per heavy atom. The molecule has 0 saturated heterocycles. The Morgan fingerprint density at radius 3 is 2.52 bits per heavy atom. The number of amides is 1. The highest BCUT2D eigenvalue weighted by atomic mass is 35.5. The summed E-state index contributed by atoms with van der Waals surface area (Å²) in [6, 6.07) is 4.89. The predicted octanol–water partition coefficient (Wildman–Crippen LogP) is 4.41. The molecule has 7 heteroatoms. The van der Waals surface area contributed by atoms with Crippen LogP contribution in [0.5, 0.6) is 5.75 Å². The predicted molar refractivity (Wildman–Crippen MR) is 110 cm³/mol. The largest absolute Gasteiger partial charge is 0.496 e. The van der Waals surface area contributed by atoms with Crippen molar-refractivity contribution in [1.82, 2.24) is 3.96 Å². The van der Waals surface area contributed by atoms with Gasteiger partial charge in [0.15, 0.2) is 0 Å². The first-order chi connectivity index (χ1) is 12.4. The van der Waals surface area contributed by atoms with E-state index in [-0.39, 0.29) is 5.54 Å². The molecule has 148 valence electrons. The van der Waals surface area contributed by atoms with Crippen LogP contribution in [0.1, 0.15) is 57.0 Å². The number of aryl methyl sites for hydroxylation is 1. The summed E-state index contributed by atoms with van der Waals surface area (Å²) in [7, 11) is 1.51. The number of benzene rings is 1. The van der Waals surface area contributed by atoms with Gasteiger partial charge in [0.2, 0.25) is 0 Å². The van der Waals surface area contributed by atoms with E-state index in [9.17, 15) is 9.90 Å². The smallest absolute Gasteiger partial charge is 0.282 e. The van der Waals surface area contributed by atoms with Crippen LogP contribution in [0.4, 0.5) is 0 Å². The molecule has 0 saturated carbocycles. The highest BCUT2D eigenvalue weighted by Crippen LogP contribution is 2.24. The first kappa shape index (κ1) is 21.7. The van der Waals surface area contributed by atoms with Crippen LogP contribution in [0, 0.1) is 0 Å². The SMILES string of the molecule is COc1ccc(Cl)cc1C(=O)N=c1sn(C(C)(C)C)cc1CCC(C)(C)O. The molecule has 0 atom stereocenters. The van der Waals surface area contributed by atoms with Gasteiger partial charge in [-0.05, 0) is 77.2 Å². The maximum absolute atomic E-state index is 12.8. The average molecular weight is 411 g/mol. The molecule has 1 aromatic heterocycles. The molecule has 1 heterocycles. The normalized spacial score (nSPS) is 13.1. The third kappa shape index (κ3) is 5.92. The van der Waals surface area contributed by atoms with Crippen LogP contribution >= 0.6 is 23.1 Å². The van der Waals surface area contributed by atoms with Gasteiger partial charge in [0.05, 0.1) is 18.3 Å². The lowest BCUT2D eigenvalue weighted by Crippen LogP contribution is -2.20. The van der Waals surface area contributed by atoms with Crippen molar-refractivity contribution in [2.24, 2.45) is 4.99 Å². The van der Waals surface area contributed by atoms with Crippen molar-refractivity contribution < 1.29 is 14.6 Å². The highest BCUT2D eigenvalue weighted by molar-refractivity contribution is 7.04.